The number of hydrogen-bond acceptors (Lipinski definition) is 3. The Morgan fingerprint density at radius 2 is 2.15 bits per heavy atom. The van der Waals surface area contributed by atoms with Crippen molar-refractivity contribution >= 4 is 5.97 Å². The molecule has 0 heterocycles. The first-order valence-electron chi connectivity index (χ1n) is 5.05. The number of fused-ring (bicyclic) bond motifs is 2. The third-order valence-corrected chi connectivity index (χ3v) is 3.63. The predicted octanol–water partition coefficient (Wildman–Crippen LogP) is 0.923. The Balaban J connectivity index is 2.11. The maximum Gasteiger partial charge on any atom is 0.310 e. The molecule has 2 bridgehead atoms. The Kier molecular flexibility index (Phi) is 2.28. The maximum atomic E-state index is 11.5. The number of nitrogens with two attached hydrogens (primary N) is 1. The van der Waals surface area contributed by atoms with Crippen molar-refractivity contribution in [2.45, 2.75) is 31.7 Å². The Bertz CT molecular complexity index is 217. The molecular weight excluding hydrogens is 166 g/mol. The second-order valence-electron chi connectivity index (χ2n) is 4.39. The van der Waals surface area contributed by atoms with Gasteiger partial charge in [0.05, 0.1) is 13.0 Å². The molecule has 2 aliphatic rings. The van der Waals surface area contributed by atoms with Gasteiger partial charge in [-0.25, -0.2) is 0 Å². The number of ether oxygens (including phenoxy) is 1. The molecule has 74 valence electrons. The van der Waals surface area contributed by atoms with Gasteiger partial charge in [0.15, 0.2) is 0 Å². The minimum absolute atomic E-state index is 0.0243. The van der Waals surface area contributed by atoms with Crippen LogP contribution < -0.4 is 5.73 Å². The summed E-state index contributed by atoms with van der Waals surface area (Å²) in [7, 11) is 1.45. The van der Waals surface area contributed by atoms with Gasteiger partial charge < -0.3 is 10.5 Å². The Hall–Kier alpha value is -0.570. The molecule has 0 saturated heterocycles. The van der Waals surface area contributed by atoms with Gasteiger partial charge in [-0.1, -0.05) is 6.42 Å². The standard InChI is InChI=1S/C10H17NO2/c1-13-10(12)9-7-3-2-6(4-7)5-8(9)11/h6-9H,2-5,11H2,1H3/t6-,7+,8?,9?/m1/s1. The lowest BCUT2D eigenvalue weighted by molar-refractivity contribution is -0.149. The first kappa shape index (κ1) is 9.00. The number of methoxy groups -OCH3 is 1. The number of rotatable bonds is 1. The molecule has 2 saturated carbocycles. The highest BCUT2D eigenvalue weighted by Gasteiger charge is 2.44. The van der Waals surface area contributed by atoms with E-state index < -0.39 is 0 Å². The van der Waals surface area contributed by atoms with Gasteiger partial charge in [0.1, 0.15) is 0 Å². The molecule has 0 spiro atoms. The van der Waals surface area contributed by atoms with E-state index in [0.717, 1.165) is 18.8 Å². The van der Waals surface area contributed by atoms with E-state index in [4.69, 9.17) is 10.5 Å². The summed E-state index contributed by atoms with van der Waals surface area (Å²) in [6.07, 6.45) is 4.62. The number of esters is 1. The highest BCUT2D eigenvalue weighted by atomic mass is 16.5. The van der Waals surface area contributed by atoms with Crippen molar-refractivity contribution in [3.05, 3.63) is 0 Å². The zero-order chi connectivity index (χ0) is 9.42. The largest absolute Gasteiger partial charge is 0.469 e. The monoisotopic (exact) mass is 183 g/mol. The zero-order valence-electron chi connectivity index (χ0n) is 8.03. The molecule has 2 unspecified atom stereocenters. The minimum atomic E-state index is -0.0992. The van der Waals surface area contributed by atoms with Crippen molar-refractivity contribution in [1.82, 2.24) is 0 Å². The molecular formula is C10H17NO2. The molecule has 3 heteroatoms. The first-order valence-corrected chi connectivity index (χ1v) is 5.05. The summed E-state index contributed by atoms with van der Waals surface area (Å²) in [4.78, 5) is 11.5. The summed E-state index contributed by atoms with van der Waals surface area (Å²) in [5.74, 6) is 1.16. The van der Waals surface area contributed by atoms with Gasteiger partial charge in [-0.05, 0) is 31.1 Å². The summed E-state index contributed by atoms with van der Waals surface area (Å²) in [6, 6.07) is 0.0405. The lowest BCUT2D eigenvalue weighted by Crippen LogP contribution is -2.43. The number of hydrogen-bond donors (Lipinski definition) is 1. The molecule has 0 amide bonds. The van der Waals surface area contributed by atoms with Gasteiger partial charge in [0.2, 0.25) is 0 Å². The Morgan fingerprint density at radius 3 is 2.85 bits per heavy atom. The summed E-state index contributed by atoms with van der Waals surface area (Å²) in [5.41, 5.74) is 5.98. The van der Waals surface area contributed by atoms with Crippen LogP contribution in [0.2, 0.25) is 0 Å². The van der Waals surface area contributed by atoms with E-state index >= 15 is 0 Å². The summed E-state index contributed by atoms with van der Waals surface area (Å²) in [5, 5.41) is 0. The van der Waals surface area contributed by atoms with E-state index in [-0.39, 0.29) is 17.9 Å². The Labute approximate surface area is 78.6 Å². The average Bonchev–Trinajstić information content (AvgIpc) is 2.48. The van der Waals surface area contributed by atoms with Crippen molar-refractivity contribution in [3.63, 3.8) is 0 Å². The smallest absolute Gasteiger partial charge is 0.310 e. The topological polar surface area (TPSA) is 52.3 Å². The van der Waals surface area contributed by atoms with Crippen LogP contribution >= 0.6 is 0 Å². The third kappa shape index (κ3) is 1.46. The van der Waals surface area contributed by atoms with Gasteiger partial charge in [0, 0.05) is 6.04 Å². The fourth-order valence-electron chi connectivity index (χ4n) is 3.04. The van der Waals surface area contributed by atoms with Gasteiger partial charge in [-0.3, -0.25) is 4.79 Å². The summed E-state index contributed by atoms with van der Waals surface area (Å²) >= 11 is 0. The lowest BCUT2D eigenvalue weighted by Gasteiger charge is -2.32. The molecule has 2 fully saturated rings. The van der Waals surface area contributed by atoms with Crippen LogP contribution in [0.3, 0.4) is 0 Å². The van der Waals surface area contributed by atoms with E-state index in [2.05, 4.69) is 0 Å². The van der Waals surface area contributed by atoms with Crippen LogP contribution in [-0.4, -0.2) is 19.1 Å². The quantitative estimate of drug-likeness (QED) is 0.615. The van der Waals surface area contributed by atoms with Gasteiger partial charge in [-0.15, -0.1) is 0 Å². The first-order chi connectivity index (χ1) is 6.22. The molecule has 0 aromatic carbocycles. The van der Waals surface area contributed by atoms with E-state index in [1.807, 2.05) is 0 Å². The van der Waals surface area contributed by atoms with Crippen molar-refractivity contribution < 1.29 is 9.53 Å². The molecule has 13 heavy (non-hydrogen) atoms. The van der Waals surface area contributed by atoms with Crippen molar-refractivity contribution in [1.29, 1.82) is 0 Å². The van der Waals surface area contributed by atoms with E-state index in [1.165, 1.54) is 20.0 Å². The second kappa shape index (κ2) is 3.29. The van der Waals surface area contributed by atoms with E-state index in [1.54, 1.807) is 0 Å². The second-order valence-corrected chi connectivity index (χ2v) is 4.39. The highest BCUT2D eigenvalue weighted by molar-refractivity contribution is 5.73. The van der Waals surface area contributed by atoms with Crippen LogP contribution in [0, 0.1) is 17.8 Å². The molecule has 3 nitrogen and oxygen atoms in total. The molecule has 0 aromatic heterocycles. The van der Waals surface area contributed by atoms with E-state index in [0.29, 0.717) is 5.92 Å². The SMILES string of the molecule is COC(=O)C1C(N)C[C@@H]2CC[C@H]1C2. The minimum Gasteiger partial charge on any atom is -0.469 e. The van der Waals surface area contributed by atoms with Crippen molar-refractivity contribution in [3.8, 4) is 0 Å². The highest BCUT2D eigenvalue weighted by Crippen LogP contribution is 2.45. The molecule has 2 N–H and O–H groups in total. The van der Waals surface area contributed by atoms with Crippen LogP contribution in [-0.2, 0) is 9.53 Å². The molecule has 4 atom stereocenters. The zero-order valence-corrected chi connectivity index (χ0v) is 8.03. The van der Waals surface area contributed by atoms with E-state index in [9.17, 15) is 4.79 Å². The van der Waals surface area contributed by atoms with Crippen LogP contribution in [0.4, 0.5) is 0 Å². The number of carbonyl (C=O) groups excluding carboxylic acids is 1. The summed E-state index contributed by atoms with van der Waals surface area (Å²) in [6.45, 7) is 0. The molecule has 0 radical (unpaired) electrons. The van der Waals surface area contributed by atoms with Gasteiger partial charge >= 0.3 is 5.97 Å². The van der Waals surface area contributed by atoms with Gasteiger partial charge in [0.25, 0.3) is 0 Å². The van der Waals surface area contributed by atoms with Crippen LogP contribution in [0.15, 0.2) is 0 Å². The molecule has 0 aromatic rings. The summed E-state index contributed by atoms with van der Waals surface area (Å²) < 4.78 is 4.79. The molecule has 2 aliphatic carbocycles. The average molecular weight is 183 g/mol. The third-order valence-electron chi connectivity index (χ3n) is 3.63. The lowest BCUT2D eigenvalue weighted by atomic mass is 9.77. The van der Waals surface area contributed by atoms with Crippen molar-refractivity contribution in [2.75, 3.05) is 7.11 Å². The normalized spacial score (nSPS) is 43.2. The van der Waals surface area contributed by atoms with Crippen LogP contribution in [0.25, 0.3) is 0 Å². The maximum absolute atomic E-state index is 11.5. The van der Waals surface area contributed by atoms with Gasteiger partial charge in [-0.2, -0.15) is 0 Å². The Morgan fingerprint density at radius 1 is 1.38 bits per heavy atom. The predicted molar refractivity (Wildman–Crippen MR) is 48.9 cm³/mol. The van der Waals surface area contributed by atoms with Crippen LogP contribution in [0.1, 0.15) is 25.7 Å². The number of carbonyl (C=O) groups is 1. The fraction of sp³-hybridized carbons (Fsp3) is 0.900. The molecule has 0 aliphatic heterocycles. The molecule has 2 rings (SSSR count). The van der Waals surface area contributed by atoms with Crippen LogP contribution in [0.5, 0.6) is 0 Å². The van der Waals surface area contributed by atoms with Crippen molar-refractivity contribution in [2.24, 2.45) is 23.5 Å². The fourth-order valence-corrected chi connectivity index (χ4v) is 3.04.